The summed E-state index contributed by atoms with van der Waals surface area (Å²) in [7, 11) is 0. The van der Waals surface area contributed by atoms with Crippen molar-refractivity contribution in [1.29, 1.82) is 0 Å². The van der Waals surface area contributed by atoms with Crippen molar-refractivity contribution in [2.24, 2.45) is 0 Å². The zero-order chi connectivity index (χ0) is 15.4. The molecule has 3 rings (SSSR count). The van der Waals surface area contributed by atoms with E-state index in [9.17, 15) is 9.59 Å². The van der Waals surface area contributed by atoms with Crippen molar-refractivity contribution in [3.05, 3.63) is 35.9 Å². The molecule has 116 valence electrons. The monoisotopic (exact) mass is 301 g/mol. The predicted octanol–water partition coefficient (Wildman–Crippen LogP) is 2.16. The van der Waals surface area contributed by atoms with Crippen LogP contribution in [-0.4, -0.2) is 37.7 Å². The lowest BCUT2D eigenvalue weighted by atomic mass is 10.2. The summed E-state index contributed by atoms with van der Waals surface area (Å²) >= 11 is 0. The van der Waals surface area contributed by atoms with Crippen LogP contribution in [0.15, 0.2) is 30.3 Å². The van der Waals surface area contributed by atoms with Crippen LogP contribution in [0.4, 0.5) is 5.69 Å². The second kappa shape index (κ2) is 6.75. The van der Waals surface area contributed by atoms with Crippen molar-refractivity contribution < 1.29 is 19.1 Å². The molecule has 5 nitrogen and oxygen atoms in total. The first-order chi connectivity index (χ1) is 10.7. The Balaban J connectivity index is 1.57. The molecule has 0 aliphatic carbocycles. The van der Waals surface area contributed by atoms with Gasteiger partial charge in [-0.15, -0.1) is 0 Å². The number of ether oxygens (including phenoxy) is 2. The van der Waals surface area contributed by atoms with Gasteiger partial charge in [0, 0.05) is 31.1 Å². The predicted molar refractivity (Wildman–Crippen MR) is 82.4 cm³/mol. The molecule has 0 spiro atoms. The highest BCUT2D eigenvalue weighted by Gasteiger charge is 2.21. The van der Waals surface area contributed by atoms with Crippen LogP contribution >= 0.6 is 0 Å². The molecule has 2 heterocycles. The molecule has 1 amide bonds. The summed E-state index contributed by atoms with van der Waals surface area (Å²) in [5.41, 5.74) is 1.81. The molecule has 2 fully saturated rings. The third kappa shape index (κ3) is 3.54. The molecule has 1 atom stereocenters. The number of nitrogens with zero attached hydrogens (tertiary/aromatic N) is 1. The van der Waals surface area contributed by atoms with Crippen molar-refractivity contribution in [3.63, 3.8) is 0 Å². The van der Waals surface area contributed by atoms with Gasteiger partial charge in [0.05, 0.1) is 13.2 Å². The molecular formula is C17H19NO4. The fourth-order valence-corrected chi connectivity index (χ4v) is 2.66. The Labute approximate surface area is 129 Å². The van der Waals surface area contributed by atoms with Gasteiger partial charge in [-0.25, -0.2) is 4.79 Å². The molecule has 2 aliphatic rings. The molecule has 2 saturated heterocycles. The number of amides is 1. The first kappa shape index (κ1) is 14.8. The average molecular weight is 301 g/mol. The van der Waals surface area contributed by atoms with E-state index in [2.05, 4.69) is 0 Å². The largest absolute Gasteiger partial charge is 0.457 e. The molecule has 5 heteroatoms. The topological polar surface area (TPSA) is 55.8 Å². The Morgan fingerprint density at radius 2 is 2.14 bits per heavy atom. The number of hydrogen-bond acceptors (Lipinski definition) is 4. The molecule has 0 radical (unpaired) electrons. The maximum atomic E-state index is 11.7. The molecule has 1 aromatic carbocycles. The summed E-state index contributed by atoms with van der Waals surface area (Å²) in [6.45, 7) is 1.92. The first-order valence-corrected chi connectivity index (χ1v) is 7.59. The highest BCUT2D eigenvalue weighted by molar-refractivity contribution is 5.95. The van der Waals surface area contributed by atoms with Gasteiger partial charge in [-0.05, 0) is 30.2 Å². The zero-order valence-corrected chi connectivity index (χ0v) is 12.4. The normalized spacial score (nSPS) is 21.7. The van der Waals surface area contributed by atoms with E-state index >= 15 is 0 Å². The lowest BCUT2D eigenvalue weighted by molar-refractivity contribution is -0.142. The van der Waals surface area contributed by atoms with Crippen LogP contribution in [0.1, 0.15) is 24.8 Å². The van der Waals surface area contributed by atoms with E-state index in [1.54, 1.807) is 11.0 Å². The number of hydrogen-bond donors (Lipinski definition) is 0. The van der Waals surface area contributed by atoms with Crippen molar-refractivity contribution >= 4 is 23.6 Å². The first-order valence-electron chi connectivity index (χ1n) is 7.59. The van der Waals surface area contributed by atoms with Gasteiger partial charge >= 0.3 is 5.97 Å². The second-order valence-electron chi connectivity index (χ2n) is 5.50. The van der Waals surface area contributed by atoms with Gasteiger partial charge < -0.3 is 14.4 Å². The maximum absolute atomic E-state index is 11.7. The molecule has 1 aromatic rings. The number of carbonyl (C=O) groups excluding carboxylic acids is 2. The van der Waals surface area contributed by atoms with Crippen LogP contribution < -0.4 is 4.90 Å². The van der Waals surface area contributed by atoms with Crippen molar-refractivity contribution in [3.8, 4) is 0 Å². The van der Waals surface area contributed by atoms with Gasteiger partial charge in [0.25, 0.3) is 0 Å². The van der Waals surface area contributed by atoms with Gasteiger partial charge in [0.1, 0.15) is 6.10 Å². The van der Waals surface area contributed by atoms with Gasteiger partial charge in [0.15, 0.2) is 0 Å². The minimum Gasteiger partial charge on any atom is -0.457 e. The number of rotatable bonds is 4. The molecule has 0 N–H and O–H groups in total. The second-order valence-corrected chi connectivity index (χ2v) is 5.50. The van der Waals surface area contributed by atoms with E-state index in [0.29, 0.717) is 19.6 Å². The molecule has 0 saturated carbocycles. The summed E-state index contributed by atoms with van der Waals surface area (Å²) < 4.78 is 10.4. The van der Waals surface area contributed by atoms with Gasteiger partial charge in [0.2, 0.25) is 5.91 Å². The van der Waals surface area contributed by atoms with Crippen LogP contribution in [0.5, 0.6) is 0 Å². The third-order valence-corrected chi connectivity index (χ3v) is 3.86. The van der Waals surface area contributed by atoms with E-state index in [1.165, 1.54) is 6.08 Å². The maximum Gasteiger partial charge on any atom is 0.331 e. The number of benzene rings is 1. The van der Waals surface area contributed by atoms with E-state index < -0.39 is 0 Å². The third-order valence-electron chi connectivity index (χ3n) is 3.86. The molecule has 2 aliphatic heterocycles. The average Bonchev–Trinajstić information content (AvgIpc) is 3.17. The molecule has 22 heavy (non-hydrogen) atoms. The van der Waals surface area contributed by atoms with Crippen molar-refractivity contribution in [2.75, 3.05) is 24.7 Å². The van der Waals surface area contributed by atoms with Gasteiger partial charge in [-0.2, -0.15) is 0 Å². The van der Waals surface area contributed by atoms with Gasteiger partial charge in [-0.1, -0.05) is 12.1 Å². The zero-order valence-electron chi connectivity index (χ0n) is 12.4. The van der Waals surface area contributed by atoms with E-state index in [0.717, 1.165) is 30.6 Å². The Morgan fingerprint density at radius 3 is 2.77 bits per heavy atom. The fraction of sp³-hybridized carbons (Fsp3) is 0.412. The van der Waals surface area contributed by atoms with Crippen molar-refractivity contribution in [2.45, 2.75) is 25.4 Å². The lowest BCUT2D eigenvalue weighted by Gasteiger charge is -2.15. The highest BCUT2D eigenvalue weighted by atomic mass is 16.6. The Hall–Kier alpha value is -2.14. The lowest BCUT2D eigenvalue weighted by Crippen LogP contribution is -2.23. The highest BCUT2D eigenvalue weighted by Crippen LogP contribution is 2.22. The number of esters is 1. The van der Waals surface area contributed by atoms with Crippen LogP contribution in [-0.2, 0) is 19.1 Å². The van der Waals surface area contributed by atoms with Crippen LogP contribution in [0.3, 0.4) is 0 Å². The minimum atomic E-state index is -0.353. The van der Waals surface area contributed by atoms with E-state index in [1.807, 2.05) is 24.3 Å². The summed E-state index contributed by atoms with van der Waals surface area (Å²) in [6.07, 6.45) is 5.32. The Kier molecular flexibility index (Phi) is 4.53. The molecule has 0 bridgehead atoms. The van der Waals surface area contributed by atoms with Crippen molar-refractivity contribution in [1.82, 2.24) is 0 Å². The van der Waals surface area contributed by atoms with Gasteiger partial charge in [-0.3, -0.25) is 4.79 Å². The van der Waals surface area contributed by atoms with Crippen LogP contribution in [0.2, 0.25) is 0 Å². The Bertz CT molecular complexity index is 573. The number of anilines is 1. The summed E-state index contributed by atoms with van der Waals surface area (Å²) in [4.78, 5) is 25.1. The van der Waals surface area contributed by atoms with Crippen LogP contribution in [0.25, 0.3) is 6.08 Å². The fourth-order valence-electron chi connectivity index (χ4n) is 2.66. The Morgan fingerprint density at radius 1 is 1.32 bits per heavy atom. The summed E-state index contributed by atoms with van der Waals surface area (Å²) in [5, 5.41) is 0. The SMILES string of the molecule is O=C(/C=C\c1ccc(N2CCCC2=O)cc1)O[C@H]1CCOC1. The molecule has 0 aromatic heterocycles. The molecule has 0 unspecified atom stereocenters. The standard InChI is InChI=1S/C17H19NO4/c19-16-2-1-10-18(16)14-6-3-13(4-7-14)5-8-17(20)22-15-9-11-21-12-15/h3-8,15H,1-2,9-12H2/b8-5-/t15-/m0/s1. The molecular weight excluding hydrogens is 282 g/mol. The minimum absolute atomic E-state index is 0.124. The smallest absolute Gasteiger partial charge is 0.331 e. The number of carbonyl (C=O) groups is 2. The van der Waals surface area contributed by atoms with E-state index in [-0.39, 0.29) is 18.0 Å². The summed E-state index contributed by atoms with van der Waals surface area (Å²) in [6, 6.07) is 7.59. The quantitative estimate of drug-likeness (QED) is 0.631. The van der Waals surface area contributed by atoms with E-state index in [4.69, 9.17) is 9.47 Å². The summed E-state index contributed by atoms with van der Waals surface area (Å²) in [5.74, 6) is -0.181. The van der Waals surface area contributed by atoms with Crippen LogP contribution in [0, 0.1) is 0 Å².